The van der Waals surface area contributed by atoms with Crippen molar-refractivity contribution in [2.24, 2.45) is 0 Å². The van der Waals surface area contributed by atoms with Crippen LogP contribution in [0.25, 0.3) is 0 Å². The molecule has 0 unspecified atom stereocenters. The minimum absolute atomic E-state index is 0.346. The molecule has 1 heterocycles. The van der Waals surface area contributed by atoms with Gasteiger partial charge in [-0.2, -0.15) is 0 Å². The number of hydrogen-bond donors (Lipinski definition) is 1. The number of oxazole rings is 1. The Kier molecular flexibility index (Phi) is 2.36. The van der Waals surface area contributed by atoms with Crippen LogP contribution in [0.3, 0.4) is 0 Å². The highest BCUT2D eigenvalue weighted by Gasteiger charge is 1.98. The van der Waals surface area contributed by atoms with E-state index in [0.29, 0.717) is 12.5 Å². The van der Waals surface area contributed by atoms with Crippen LogP contribution in [0.4, 0.5) is 0 Å². The molecule has 0 atom stereocenters. The molecule has 1 aromatic carbocycles. The molecule has 0 spiro atoms. The molecule has 0 amide bonds. The number of hydrogen-bond acceptors (Lipinski definition) is 3. The Balaban J connectivity index is 1.98. The third-order valence-corrected chi connectivity index (χ3v) is 1.74. The summed E-state index contributed by atoms with van der Waals surface area (Å²) >= 11 is 0. The van der Waals surface area contributed by atoms with Crippen molar-refractivity contribution in [3.05, 3.63) is 52.7 Å². The highest BCUT2D eigenvalue weighted by molar-refractivity contribution is 5.14. The zero-order valence-corrected chi connectivity index (χ0v) is 7.40. The topological polar surface area (TPSA) is 55.2 Å². The van der Waals surface area contributed by atoms with Crippen molar-refractivity contribution in [2.75, 3.05) is 0 Å². The van der Waals surface area contributed by atoms with Crippen LogP contribution in [0.2, 0.25) is 0 Å². The normalized spacial score (nSPS) is 10.0. The molecule has 4 nitrogen and oxygen atoms in total. The van der Waals surface area contributed by atoms with Crippen molar-refractivity contribution in [1.29, 1.82) is 0 Å². The number of aromatic nitrogens is 1. The fourth-order valence-corrected chi connectivity index (χ4v) is 1.07. The van der Waals surface area contributed by atoms with E-state index < -0.39 is 5.76 Å². The molecule has 0 saturated carbocycles. The first-order chi connectivity index (χ1) is 6.84. The Morgan fingerprint density at radius 2 is 2.07 bits per heavy atom. The molecule has 0 aliphatic heterocycles. The van der Waals surface area contributed by atoms with Crippen molar-refractivity contribution in [3.8, 4) is 5.88 Å². The first kappa shape index (κ1) is 8.62. The van der Waals surface area contributed by atoms with Gasteiger partial charge in [-0.05, 0) is 5.56 Å². The standard InChI is InChI=1S/C10H9NO3/c12-10-11-9(7-14-10)13-6-8-4-2-1-3-5-8/h1-5,7H,6H2,(H,11,12). The Bertz CT molecular complexity index is 444. The Morgan fingerprint density at radius 3 is 2.71 bits per heavy atom. The first-order valence-electron chi connectivity index (χ1n) is 4.19. The lowest BCUT2D eigenvalue weighted by molar-refractivity contribution is 0.293. The maximum atomic E-state index is 10.6. The summed E-state index contributed by atoms with van der Waals surface area (Å²) in [6, 6.07) is 9.67. The summed E-state index contributed by atoms with van der Waals surface area (Å²) in [7, 11) is 0. The van der Waals surface area contributed by atoms with E-state index >= 15 is 0 Å². The molecule has 4 heteroatoms. The van der Waals surface area contributed by atoms with Crippen molar-refractivity contribution in [3.63, 3.8) is 0 Å². The van der Waals surface area contributed by atoms with E-state index in [1.807, 2.05) is 30.3 Å². The van der Waals surface area contributed by atoms with Crippen LogP contribution in [0, 0.1) is 0 Å². The van der Waals surface area contributed by atoms with Gasteiger partial charge in [-0.3, -0.25) is 4.98 Å². The lowest BCUT2D eigenvalue weighted by Gasteiger charge is -2.01. The summed E-state index contributed by atoms with van der Waals surface area (Å²) in [6.07, 6.45) is 1.26. The second-order valence-electron chi connectivity index (χ2n) is 2.79. The van der Waals surface area contributed by atoms with Gasteiger partial charge in [0.25, 0.3) is 0 Å². The second-order valence-corrected chi connectivity index (χ2v) is 2.79. The van der Waals surface area contributed by atoms with Crippen molar-refractivity contribution in [2.45, 2.75) is 6.61 Å². The molecule has 0 radical (unpaired) electrons. The van der Waals surface area contributed by atoms with E-state index in [-0.39, 0.29) is 0 Å². The van der Waals surface area contributed by atoms with Gasteiger partial charge in [-0.1, -0.05) is 30.3 Å². The van der Waals surface area contributed by atoms with Crippen LogP contribution in [0.1, 0.15) is 5.56 Å². The SMILES string of the molecule is O=c1[nH]c(OCc2ccccc2)co1. The summed E-state index contributed by atoms with van der Waals surface area (Å²) in [4.78, 5) is 13.0. The number of benzene rings is 1. The summed E-state index contributed by atoms with van der Waals surface area (Å²) in [6.45, 7) is 0.413. The highest BCUT2D eigenvalue weighted by Crippen LogP contribution is 2.06. The molecule has 0 aliphatic carbocycles. The molecule has 2 rings (SSSR count). The third-order valence-electron chi connectivity index (χ3n) is 1.74. The van der Waals surface area contributed by atoms with Gasteiger partial charge in [0.2, 0.25) is 5.88 Å². The van der Waals surface area contributed by atoms with Crippen LogP contribution >= 0.6 is 0 Å². The van der Waals surface area contributed by atoms with Gasteiger partial charge < -0.3 is 9.15 Å². The van der Waals surface area contributed by atoms with Crippen LogP contribution in [0.15, 0.2) is 45.8 Å². The zero-order valence-electron chi connectivity index (χ0n) is 7.40. The Morgan fingerprint density at radius 1 is 1.29 bits per heavy atom. The fraction of sp³-hybridized carbons (Fsp3) is 0.100. The van der Waals surface area contributed by atoms with Gasteiger partial charge >= 0.3 is 5.76 Å². The second kappa shape index (κ2) is 3.83. The summed E-state index contributed by atoms with van der Waals surface area (Å²) in [5, 5.41) is 0. The summed E-state index contributed by atoms with van der Waals surface area (Å²) < 4.78 is 9.78. The maximum Gasteiger partial charge on any atom is 0.419 e. The van der Waals surface area contributed by atoms with Gasteiger partial charge in [0, 0.05) is 0 Å². The Hall–Kier alpha value is -1.97. The smallest absolute Gasteiger partial charge is 0.419 e. The predicted molar refractivity (Wildman–Crippen MR) is 50.1 cm³/mol. The maximum absolute atomic E-state index is 10.6. The number of rotatable bonds is 3. The average molecular weight is 191 g/mol. The zero-order chi connectivity index (χ0) is 9.80. The molecule has 0 saturated heterocycles. The molecule has 0 aliphatic rings. The molecular weight excluding hydrogens is 182 g/mol. The highest BCUT2D eigenvalue weighted by atomic mass is 16.5. The monoisotopic (exact) mass is 191 g/mol. The largest absolute Gasteiger partial charge is 0.472 e. The molecular formula is C10H9NO3. The van der Waals surface area contributed by atoms with Gasteiger partial charge in [0.05, 0.1) is 0 Å². The fourth-order valence-electron chi connectivity index (χ4n) is 1.07. The average Bonchev–Trinajstić information content (AvgIpc) is 2.63. The van der Waals surface area contributed by atoms with E-state index in [0.717, 1.165) is 5.56 Å². The number of H-pyrrole nitrogens is 1. The van der Waals surface area contributed by atoms with Crippen molar-refractivity contribution in [1.82, 2.24) is 4.98 Å². The number of aromatic amines is 1. The van der Waals surface area contributed by atoms with Crippen LogP contribution in [-0.2, 0) is 6.61 Å². The lowest BCUT2D eigenvalue weighted by Crippen LogP contribution is -1.99. The van der Waals surface area contributed by atoms with Gasteiger partial charge in [0.15, 0.2) is 6.26 Å². The van der Waals surface area contributed by atoms with Crippen molar-refractivity contribution < 1.29 is 9.15 Å². The number of nitrogens with one attached hydrogen (secondary N) is 1. The predicted octanol–water partition coefficient (Wildman–Crippen LogP) is 1.55. The first-order valence-corrected chi connectivity index (χ1v) is 4.19. The van der Waals surface area contributed by atoms with E-state index in [1.165, 1.54) is 6.26 Å². The molecule has 2 aromatic rings. The molecule has 72 valence electrons. The van der Waals surface area contributed by atoms with E-state index in [1.54, 1.807) is 0 Å². The Labute approximate surface area is 80.1 Å². The molecule has 1 N–H and O–H groups in total. The molecule has 0 fully saturated rings. The van der Waals surface area contributed by atoms with Gasteiger partial charge in [-0.15, -0.1) is 0 Å². The van der Waals surface area contributed by atoms with E-state index in [9.17, 15) is 4.79 Å². The van der Waals surface area contributed by atoms with E-state index in [4.69, 9.17) is 4.74 Å². The number of ether oxygens (including phenoxy) is 1. The van der Waals surface area contributed by atoms with Crippen LogP contribution in [0.5, 0.6) is 5.88 Å². The minimum Gasteiger partial charge on any atom is -0.472 e. The quantitative estimate of drug-likeness (QED) is 0.800. The summed E-state index contributed by atoms with van der Waals surface area (Å²) in [5.41, 5.74) is 1.04. The van der Waals surface area contributed by atoms with E-state index in [2.05, 4.69) is 9.40 Å². The van der Waals surface area contributed by atoms with Crippen molar-refractivity contribution >= 4 is 0 Å². The van der Waals surface area contributed by atoms with Gasteiger partial charge in [-0.25, -0.2) is 4.79 Å². The van der Waals surface area contributed by atoms with Gasteiger partial charge in [0.1, 0.15) is 6.61 Å². The minimum atomic E-state index is -0.506. The third kappa shape index (κ3) is 2.04. The van der Waals surface area contributed by atoms with Crippen LogP contribution < -0.4 is 10.5 Å². The van der Waals surface area contributed by atoms with Crippen LogP contribution in [-0.4, -0.2) is 4.98 Å². The summed E-state index contributed by atoms with van der Waals surface area (Å²) in [5.74, 6) is -0.160. The molecule has 14 heavy (non-hydrogen) atoms. The molecule has 1 aromatic heterocycles. The molecule has 0 bridgehead atoms. The lowest BCUT2D eigenvalue weighted by atomic mass is 10.2.